The summed E-state index contributed by atoms with van der Waals surface area (Å²) in [6.45, 7) is 3.12. The van der Waals surface area contributed by atoms with E-state index in [2.05, 4.69) is 4.98 Å². The van der Waals surface area contributed by atoms with Gasteiger partial charge in [0.15, 0.2) is 0 Å². The minimum atomic E-state index is -0.285. The number of esters is 1. The summed E-state index contributed by atoms with van der Waals surface area (Å²) < 4.78 is 10.8. The Hall–Kier alpha value is -1.81. The predicted octanol–water partition coefficient (Wildman–Crippen LogP) is 2.81. The first-order valence-corrected chi connectivity index (χ1v) is 6.60. The van der Waals surface area contributed by atoms with Crippen LogP contribution in [0.15, 0.2) is 24.4 Å². The highest BCUT2D eigenvalue weighted by Crippen LogP contribution is 2.21. The van der Waals surface area contributed by atoms with Crippen LogP contribution >= 0.6 is 0 Å². The maximum absolute atomic E-state index is 12.1. The van der Waals surface area contributed by atoms with E-state index < -0.39 is 0 Å². The van der Waals surface area contributed by atoms with E-state index in [1.54, 1.807) is 6.20 Å². The third-order valence-electron chi connectivity index (χ3n) is 3.48. The Kier molecular flexibility index (Phi) is 3.25. The number of carbonyl (C=O) groups is 1. The molecule has 1 aromatic heterocycles. The summed E-state index contributed by atoms with van der Waals surface area (Å²) in [5, 5.41) is 0.914. The van der Waals surface area contributed by atoms with Gasteiger partial charge in [-0.1, -0.05) is 11.6 Å². The molecule has 0 bridgehead atoms. The number of aromatic amines is 1. The summed E-state index contributed by atoms with van der Waals surface area (Å²) in [5.41, 5.74) is 2.67. The molecule has 0 spiro atoms. The fourth-order valence-corrected chi connectivity index (χ4v) is 2.43. The molecule has 2 heterocycles. The Morgan fingerprint density at radius 2 is 2.42 bits per heavy atom. The third-order valence-corrected chi connectivity index (χ3v) is 3.48. The highest BCUT2D eigenvalue weighted by molar-refractivity contribution is 6.04. The molecule has 1 aromatic carbocycles. The van der Waals surface area contributed by atoms with E-state index in [0.717, 1.165) is 35.9 Å². The van der Waals surface area contributed by atoms with Gasteiger partial charge in [0, 0.05) is 23.7 Å². The lowest BCUT2D eigenvalue weighted by Crippen LogP contribution is -2.17. The molecule has 1 saturated heterocycles. The van der Waals surface area contributed by atoms with Gasteiger partial charge in [-0.15, -0.1) is 0 Å². The zero-order chi connectivity index (χ0) is 13.2. The summed E-state index contributed by atoms with van der Waals surface area (Å²) in [6, 6.07) is 5.98. The largest absolute Gasteiger partial charge is 0.459 e. The highest BCUT2D eigenvalue weighted by Gasteiger charge is 2.19. The molecule has 1 aliphatic rings. The molecule has 2 aromatic rings. The normalized spacial score (nSPS) is 18.9. The molecular weight excluding hydrogens is 242 g/mol. The van der Waals surface area contributed by atoms with Gasteiger partial charge >= 0.3 is 5.97 Å². The van der Waals surface area contributed by atoms with Crippen molar-refractivity contribution in [3.05, 3.63) is 35.5 Å². The lowest BCUT2D eigenvalue weighted by Gasteiger charge is -2.09. The summed E-state index contributed by atoms with van der Waals surface area (Å²) in [4.78, 5) is 15.2. The average Bonchev–Trinajstić information content (AvgIpc) is 3.04. The summed E-state index contributed by atoms with van der Waals surface area (Å²) in [6.07, 6.45) is 3.80. The van der Waals surface area contributed by atoms with Crippen molar-refractivity contribution >= 4 is 16.9 Å². The Balaban J connectivity index is 1.75. The van der Waals surface area contributed by atoms with Crippen molar-refractivity contribution in [3.8, 4) is 0 Å². The van der Waals surface area contributed by atoms with Crippen molar-refractivity contribution in [1.82, 2.24) is 4.98 Å². The maximum Gasteiger partial charge on any atom is 0.340 e. The van der Waals surface area contributed by atoms with E-state index in [1.807, 2.05) is 25.1 Å². The second-order valence-electron chi connectivity index (χ2n) is 4.98. The van der Waals surface area contributed by atoms with E-state index >= 15 is 0 Å². The van der Waals surface area contributed by atoms with E-state index in [-0.39, 0.29) is 12.1 Å². The Bertz CT molecular complexity index is 596. The van der Waals surface area contributed by atoms with Gasteiger partial charge < -0.3 is 14.5 Å². The van der Waals surface area contributed by atoms with E-state index in [0.29, 0.717) is 12.2 Å². The zero-order valence-corrected chi connectivity index (χ0v) is 10.9. The van der Waals surface area contributed by atoms with E-state index in [1.165, 1.54) is 0 Å². The number of H-pyrrole nitrogens is 1. The number of rotatable bonds is 3. The number of fused-ring (bicyclic) bond motifs is 1. The molecule has 1 unspecified atom stereocenters. The van der Waals surface area contributed by atoms with Crippen molar-refractivity contribution in [1.29, 1.82) is 0 Å². The first-order chi connectivity index (χ1) is 9.24. The molecule has 100 valence electrons. The molecule has 0 saturated carbocycles. The monoisotopic (exact) mass is 259 g/mol. The van der Waals surface area contributed by atoms with Crippen molar-refractivity contribution in [3.63, 3.8) is 0 Å². The Morgan fingerprint density at radius 1 is 1.53 bits per heavy atom. The van der Waals surface area contributed by atoms with Crippen LogP contribution in [-0.4, -0.2) is 30.3 Å². The van der Waals surface area contributed by atoms with Crippen LogP contribution in [-0.2, 0) is 9.47 Å². The van der Waals surface area contributed by atoms with Gasteiger partial charge in [-0.3, -0.25) is 0 Å². The van der Waals surface area contributed by atoms with Crippen LogP contribution in [0, 0.1) is 6.92 Å². The van der Waals surface area contributed by atoms with Crippen LogP contribution in [0.3, 0.4) is 0 Å². The first kappa shape index (κ1) is 12.2. The second-order valence-corrected chi connectivity index (χ2v) is 4.98. The summed E-state index contributed by atoms with van der Waals surface area (Å²) >= 11 is 0. The molecule has 0 amide bonds. The van der Waals surface area contributed by atoms with Gasteiger partial charge in [0.25, 0.3) is 0 Å². The second kappa shape index (κ2) is 5.05. The molecule has 1 atom stereocenters. The standard InChI is InChI=1S/C15H17NO3/c1-10-4-5-14-12(7-10)13(8-16-14)15(17)19-9-11-3-2-6-18-11/h4-5,7-8,11,16H,2-3,6,9H2,1H3. The molecule has 19 heavy (non-hydrogen) atoms. The van der Waals surface area contributed by atoms with Crippen molar-refractivity contribution in [2.24, 2.45) is 0 Å². The van der Waals surface area contributed by atoms with Gasteiger partial charge in [0.1, 0.15) is 6.61 Å². The minimum Gasteiger partial charge on any atom is -0.459 e. The quantitative estimate of drug-likeness (QED) is 0.862. The average molecular weight is 259 g/mol. The van der Waals surface area contributed by atoms with Gasteiger partial charge in [-0.25, -0.2) is 4.79 Å². The van der Waals surface area contributed by atoms with Crippen LogP contribution in [0.5, 0.6) is 0 Å². The van der Waals surface area contributed by atoms with Crippen molar-refractivity contribution < 1.29 is 14.3 Å². The van der Waals surface area contributed by atoms with Crippen LogP contribution < -0.4 is 0 Å². The Labute approximate surface area is 111 Å². The lowest BCUT2D eigenvalue weighted by molar-refractivity contribution is 0.0163. The fourth-order valence-electron chi connectivity index (χ4n) is 2.43. The predicted molar refractivity (Wildman–Crippen MR) is 72.3 cm³/mol. The number of nitrogens with one attached hydrogen (secondary N) is 1. The number of hydrogen-bond acceptors (Lipinski definition) is 3. The van der Waals surface area contributed by atoms with Gasteiger partial charge in [0.2, 0.25) is 0 Å². The summed E-state index contributed by atoms with van der Waals surface area (Å²) in [7, 11) is 0. The Morgan fingerprint density at radius 3 is 3.21 bits per heavy atom. The summed E-state index contributed by atoms with van der Waals surface area (Å²) in [5.74, 6) is -0.285. The molecule has 1 fully saturated rings. The van der Waals surface area contributed by atoms with Gasteiger partial charge in [0.05, 0.1) is 11.7 Å². The maximum atomic E-state index is 12.1. The van der Waals surface area contributed by atoms with Crippen molar-refractivity contribution in [2.75, 3.05) is 13.2 Å². The molecule has 1 aliphatic heterocycles. The number of aryl methyl sites for hydroxylation is 1. The third kappa shape index (κ3) is 2.49. The molecular formula is C15H17NO3. The molecule has 4 heteroatoms. The lowest BCUT2D eigenvalue weighted by atomic mass is 10.1. The van der Waals surface area contributed by atoms with Gasteiger partial charge in [-0.05, 0) is 31.9 Å². The number of hydrogen-bond donors (Lipinski definition) is 1. The van der Waals surface area contributed by atoms with E-state index in [4.69, 9.17) is 9.47 Å². The number of carbonyl (C=O) groups excluding carboxylic acids is 1. The van der Waals surface area contributed by atoms with Crippen LogP contribution in [0.25, 0.3) is 10.9 Å². The number of ether oxygens (including phenoxy) is 2. The SMILES string of the molecule is Cc1ccc2[nH]cc(C(=O)OCC3CCCO3)c2c1. The van der Waals surface area contributed by atoms with Gasteiger partial charge in [-0.2, -0.15) is 0 Å². The topological polar surface area (TPSA) is 51.3 Å². The van der Waals surface area contributed by atoms with Crippen LogP contribution in [0.1, 0.15) is 28.8 Å². The molecule has 1 N–H and O–H groups in total. The van der Waals surface area contributed by atoms with E-state index in [9.17, 15) is 4.79 Å². The molecule has 0 aliphatic carbocycles. The molecule has 3 rings (SSSR count). The minimum absolute atomic E-state index is 0.0656. The zero-order valence-electron chi connectivity index (χ0n) is 10.9. The van der Waals surface area contributed by atoms with Crippen LogP contribution in [0.2, 0.25) is 0 Å². The van der Waals surface area contributed by atoms with Crippen LogP contribution in [0.4, 0.5) is 0 Å². The smallest absolute Gasteiger partial charge is 0.340 e. The number of aromatic nitrogens is 1. The fraction of sp³-hybridized carbons (Fsp3) is 0.400. The first-order valence-electron chi connectivity index (χ1n) is 6.60. The molecule has 0 radical (unpaired) electrons. The number of benzene rings is 1. The van der Waals surface area contributed by atoms with Crippen molar-refractivity contribution in [2.45, 2.75) is 25.9 Å². The molecule has 4 nitrogen and oxygen atoms in total. The highest BCUT2D eigenvalue weighted by atomic mass is 16.6.